The van der Waals surface area contributed by atoms with Crippen LogP contribution in [0.25, 0.3) is 10.9 Å². The lowest BCUT2D eigenvalue weighted by Crippen LogP contribution is -2.46. The van der Waals surface area contributed by atoms with Crippen LogP contribution >= 0.6 is 0 Å². The Labute approximate surface area is 127 Å². The van der Waals surface area contributed by atoms with E-state index in [2.05, 4.69) is 5.32 Å². The molecule has 2 rings (SSSR count). The molecule has 6 heteroatoms. The molecule has 118 valence electrons. The Bertz CT molecular complexity index is 696. The molecular formula is C16H19FN2O3. The highest BCUT2D eigenvalue weighted by atomic mass is 19.1. The lowest BCUT2D eigenvalue weighted by Gasteiger charge is -2.20. The zero-order chi connectivity index (χ0) is 16.3. The largest absolute Gasteiger partial charge is 0.480 e. The van der Waals surface area contributed by atoms with E-state index in [4.69, 9.17) is 0 Å². The Morgan fingerprint density at radius 1 is 1.36 bits per heavy atom. The Morgan fingerprint density at radius 3 is 2.73 bits per heavy atom. The van der Waals surface area contributed by atoms with Crippen molar-refractivity contribution in [3.05, 3.63) is 36.3 Å². The molecule has 5 nitrogen and oxygen atoms in total. The van der Waals surface area contributed by atoms with Crippen LogP contribution in [0.3, 0.4) is 0 Å². The van der Waals surface area contributed by atoms with Gasteiger partial charge in [-0.1, -0.05) is 20.3 Å². The Kier molecular flexibility index (Phi) is 4.80. The summed E-state index contributed by atoms with van der Waals surface area (Å²) in [6, 6.07) is 5.21. The molecule has 1 aromatic heterocycles. The minimum absolute atomic E-state index is 0.0484. The van der Waals surface area contributed by atoms with Gasteiger partial charge in [-0.05, 0) is 35.6 Å². The first-order chi connectivity index (χ1) is 10.4. The molecule has 0 aliphatic rings. The molecule has 0 radical (unpaired) electrons. The predicted octanol–water partition coefficient (Wildman–Crippen LogP) is 2.40. The number of benzene rings is 1. The third kappa shape index (κ3) is 3.44. The fourth-order valence-electron chi connectivity index (χ4n) is 2.35. The summed E-state index contributed by atoms with van der Waals surface area (Å²) in [6.07, 6.45) is 2.33. The molecule has 2 N–H and O–H groups in total. The van der Waals surface area contributed by atoms with Crippen LogP contribution in [0, 0.1) is 11.7 Å². The van der Waals surface area contributed by atoms with E-state index in [-0.39, 0.29) is 18.3 Å². The molecule has 0 aliphatic carbocycles. The molecule has 1 amide bonds. The van der Waals surface area contributed by atoms with Gasteiger partial charge in [0.25, 0.3) is 0 Å². The summed E-state index contributed by atoms with van der Waals surface area (Å²) in [4.78, 5) is 23.3. The van der Waals surface area contributed by atoms with Gasteiger partial charge < -0.3 is 15.0 Å². The summed E-state index contributed by atoms with van der Waals surface area (Å²) in [5.41, 5.74) is 0.602. The minimum Gasteiger partial charge on any atom is -0.480 e. The lowest BCUT2D eigenvalue weighted by atomic mass is 9.99. The van der Waals surface area contributed by atoms with Crippen molar-refractivity contribution in [2.24, 2.45) is 5.92 Å². The number of nitrogens with zero attached hydrogens (tertiary/aromatic N) is 1. The number of nitrogens with one attached hydrogen (secondary N) is 1. The van der Waals surface area contributed by atoms with E-state index in [0.29, 0.717) is 11.9 Å². The first-order valence-electron chi connectivity index (χ1n) is 7.19. The predicted molar refractivity (Wildman–Crippen MR) is 80.9 cm³/mol. The number of fused-ring (bicyclic) bond motifs is 1. The lowest BCUT2D eigenvalue weighted by molar-refractivity contribution is -0.143. The monoisotopic (exact) mass is 306 g/mol. The van der Waals surface area contributed by atoms with E-state index in [1.54, 1.807) is 29.8 Å². The molecule has 1 aromatic carbocycles. The van der Waals surface area contributed by atoms with Gasteiger partial charge in [-0.15, -0.1) is 0 Å². The van der Waals surface area contributed by atoms with E-state index < -0.39 is 17.9 Å². The van der Waals surface area contributed by atoms with Crippen LogP contribution in [-0.4, -0.2) is 27.6 Å². The van der Waals surface area contributed by atoms with Gasteiger partial charge >= 0.3 is 5.97 Å². The number of rotatable bonds is 6. The van der Waals surface area contributed by atoms with Crippen molar-refractivity contribution in [2.75, 3.05) is 0 Å². The fraction of sp³-hybridized carbons (Fsp3) is 0.375. The smallest absolute Gasteiger partial charge is 0.326 e. The number of hydrogen-bond acceptors (Lipinski definition) is 2. The average Bonchev–Trinajstić information content (AvgIpc) is 2.86. The minimum atomic E-state index is -1.05. The van der Waals surface area contributed by atoms with E-state index in [1.807, 2.05) is 6.92 Å². The van der Waals surface area contributed by atoms with Crippen molar-refractivity contribution in [1.82, 2.24) is 9.88 Å². The molecule has 0 fully saturated rings. The van der Waals surface area contributed by atoms with Crippen molar-refractivity contribution in [3.8, 4) is 0 Å². The second-order valence-electron chi connectivity index (χ2n) is 5.42. The summed E-state index contributed by atoms with van der Waals surface area (Å²) in [5, 5.41) is 12.5. The van der Waals surface area contributed by atoms with E-state index >= 15 is 0 Å². The summed E-state index contributed by atoms with van der Waals surface area (Å²) in [7, 11) is 0. The van der Waals surface area contributed by atoms with Crippen molar-refractivity contribution in [2.45, 2.75) is 32.9 Å². The van der Waals surface area contributed by atoms with Gasteiger partial charge in [0.05, 0.1) is 5.52 Å². The molecular weight excluding hydrogens is 287 g/mol. The number of aromatic nitrogens is 1. The van der Waals surface area contributed by atoms with Crippen LogP contribution < -0.4 is 5.32 Å². The van der Waals surface area contributed by atoms with Gasteiger partial charge in [-0.2, -0.15) is 0 Å². The quantitative estimate of drug-likeness (QED) is 0.861. The number of carboxylic acid groups (broad SMARTS) is 1. The molecule has 0 bridgehead atoms. The number of aliphatic carboxylic acids is 1. The third-order valence-electron chi connectivity index (χ3n) is 3.85. The van der Waals surface area contributed by atoms with Crippen molar-refractivity contribution in [3.63, 3.8) is 0 Å². The maximum absolute atomic E-state index is 13.3. The van der Waals surface area contributed by atoms with Gasteiger partial charge in [0.15, 0.2) is 0 Å². The van der Waals surface area contributed by atoms with E-state index in [1.165, 1.54) is 12.1 Å². The van der Waals surface area contributed by atoms with Crippen LogP contribution in [-0.2, 0) is 16.1 Å². The topological polar surface area (TPSA) is 71.3 Å². The number of amides is 1. The SMILES string of the molecule is CCC(C)C(NC(=O)Cn1ccc2ccc(F)cc21)C(=O)O. The molecule has 0 spiro atoms. The second kappa shape index (κ2) is 6.60. The van der Waals surface area contributed by atoms with E-state index in [9.17, 15) is 19.1 Å². The molecule has 22 heavy (non-hydrogen) atoms. The van der Waals surface area contributed by atoms with Crippen molar-refractivity contribution >= 4 is 22.8 Å². The average molecular weight is 306 g/mol. The van der Waals surface area contributed by atoms with Crippen LogP contribution in [0.15, 0.2) is 30.5 Å². The molecule has 0 aliphatic heterocycles. The van der Waals surface area contributed by atoms with Crippen LogP contribution in [0.2, 0.25) is 0 Å². The number of carbonyl (C=O) groups excluding carboxylic acids is 1. The van der Waals surface area contributed by atoms with E-state index in [0.717, 1.165) is 5.39 Å². The molecule has 0 saturated heterocycles. The van der Waals surface area contributed by atoms with Gasteiger partial charge in [0.2, 0.25) is 5.91 Å². The maximum Gasteiger partial charge on any atom is 0.326 e. The molecule has 2 unspecified atom stereocenters. The van der Waals surface area contributed by atoms with Gasteiger partial charge in [0.1, 0.15) is 18.4 Å². The first-order valence-corrected chi connectivity index (χ1v) is 7.19. The highest BCUT2D eigenvalue weighted by Crippen LogP contribution is 2.17. The number of carbonyl (C=O) groups is 2. The fourth-order valence-corrected chi connectivity index (χ4v) is 2.35. The van der Waals surface area contributed by atoms with Crippen LogP contribution in [0.5, 0.6) is 0 Å². The standard InChI is InChI=1S/C16H19FN2O3/c1-3-10(2)15(16(21)22)18-14(20)9-19-7-6-11-4-5-12(17)8-13(11)19/h4-8,10,15H,3,9H2,1-2H3,(H,18,20)(H,21,22). The summed E-state index contributed by atoms with van der Waals surface area (Å²) < 4.78 is 14.9. The molecule has 1 heterocycles. The Morgan fingerprint density at radius 2 is 2.09 bits per heavy atom. The van der Waals surface area contributed by atoms with Gasteiger partial charge in [-0.25, -0.2) is 9.18 Å². The Hall–Kier alpha value is -2.37. The maximum atomic E-state index is 13.3. The zero-order valence-electron chi connectivity index (χ0n) is 12.5. The molecule has 2 atom stereocenters. The van der Waals surface area contributed by atoms with Crippen LogP contribution in [0.4, 0.5) is 4.39 Å². The highest BCUT2D eigenvalue weighted by molar-refractivity contribution is 5.86. The Balaban J connectivity index is 2.13. The third-order valence-corrected chi connectivity index (χ3v) is 3.85. The van der Waals surface area contributed by atoms with Gasteiger partial charge in [0, 0.05) is 6.20 Å². The zero-order valence-corrected chi connectivity index (χ0v) is 12.5. The first kappa shape index (κ1) is 16.0. The number of carboxylic acids is 1. The second-order valence-corrected chi connectivity index (χ2v) is 5.42. The van der Waals surface area contributed by atoms with Gasteiger partial charge in [-0.3, -0.25) is 4.79 Å². The van der Waals surface area contributed by atoms with Crippen molar-refractivity contribution in [1.29, 1.82) is 0 Å². The van der Waals surface area contributed by atoms with Crippen molar-refractivity contribution < 1.29 is 19.1 Å². The molecule has 0 saturated carbocycles. The highest BCUT2D eigenvalue weighted by Gasteiger charge is 2.25. The van der Waals surface area contributed by atoms with Crippen LogP contribution in [0.1, 0.15) is 20.3 Å². The molecule has 2 aromatic rings. The number of hydrogen-bond donors (Lipinski definition) is 2. The summed E-state index contributed by atoms with van der Waals surface area (Å²) in [6.45, 7) is 3.60. The summed E-state index contributed by atoms with van der Waals surface area (Å²) >= 11 is 0. The number of halogens is 1. The normalized spacial score (nSPS) is 13.8. The summed E-state index contributed by atoms with van der Waals surface area (Å²) in [5.74, 6) is -2.00.